The molecule has 1 rings (SSSR count). The Labute approximate surface area is 89.7 Å². The number of aromatic nitrogens is 2. The fraction of sp³-hybridized carbons (Fsp3) is 0.600. The van der Waals surface area contributed by atoms with Gasteiger partial charge in [-0.2, -0.15) is 11.8 Å². The fourth-order valence-corrected chi connectivity index (χ4v) is 1.17. The van der Waals surface area contributed by atoms with Crippen LogP contribution in [0.15, 0.2) is 12.4 Å². The van der Waals surface area contributed by atoms with E-state index in [4.69, 9.17) is 0 Å². The van der Waals surface area contributed by atoms with Gasteiger partial charge in [-0.1, -0.05) is 0 Å². The van der Waals surface area contributed by atoms with Crippen molar-refractivity contribution in [2.75, 3.05) is 18.1 Å². The number of nitrogens with zero attached hydrogens (tertiary/aromatic N) is 2. The molecular weight excluding hydrogens is 194 g/mol. The van der Waals surface area contributed by atoms with Gasteiger partial charge in [0.1, 0.15) is 5.82 Å². The molecule has 0 amide bonds. The standard InChI is InChI=1S/C10H17N3S/c1-8-9(12-6-5-11-8)13-7-10(2,3)14-4/h5-6H,7H2,1-4H3,(H,12,13). The summed E-state index contributed by atoms with van der Waals surface area (Å²) in [6, 6.07) is 0. The molecule has 1 heterocycles. The van der Waals surface area contributed by atoms with E-state index < -0.39 is 0 Å². The second kappa shape index (κ2) is 4.64. The summed E-state index contributed by atoms with van der Waals surface area (Å²) in [5.74, 6) is 0.884. The third-order valence-electron chi connectivity index (χ3n) is 2.12. The molecule has 14 heavy (non-hydrogen) atoms. The summed E-state index contributed by atoms with van der Waals surface area (Å²) in [5.41, 5.74) is 0.949. The maximum Gasteiger partial charge on any atom is 0.147 e. The number of hydrogen-bond donors (Lipinski definition) is 1. The van der Waals surface area contributed by atoms with Crippen molar-refractivity contribution < 1.29 is 0 Å². The quantitative estimate of drug-likeness (QED) is 0.829. The monoisotopic (exact) mass is 211 g/mol. The van der Waals surface area contributed by atoms with Crippen LogP contribution in [0.25, 0.3) is 0 Å². The SMILES string of the molecule is CSC(C)(C)CNc1nccnc1C. The molecule has 1 aromatic heterocycles. The van der Waals surface area contributed by atoms with E-state index in [1.807, 2.05) is 18.7 Å². The minimum absolute atomic E-state index is 0.226. The molecule has 0 saturated carbocycles. The Morgan fingerprint density at radius 1 is 1.36 bits per heavy atom. The topological polar surface area (TPSA) is 37.8 Å². The van der Waals surface area contributed by atoms with E-state index in [1.165, 1.54) is 0 Å². The minimum Gasteiger partial charge on any atom is -0.367 e. The highest BCUT2D eigenvalue weighted by Crippen LogP contribution is 2.21. The van der Waals surface area contributed by atoms with Gasteiger partial charge >= 0.3 is 0 Å². The Balaban J connectivity index is 2.58. The summed E-state index contributed by atoms with van der Waals surface area (Å²) >= 11 is 1.84. The summed E-state index contributed by atoms with van der Waals surface area (Å²) in [7, 11) is 0. The van der Waals surface area contributed by atoms with Crippen molar-refractivity contribution in [2.24, 2.45) is 0 Å². The second-order valence-electron chi connectivity index (χ2n) is 3.81. The zero-order valence-corrected chi connectivity index (χ0v) is 9.98. The third kappa shape index (κ3) is 3.18. The molecule has 4 heteroatoms. The van der Waals surface area contributed by atoms with Crippen molar-refractivity contribution >= 4 is 17.6 Å². The van der Waals surface area contributed by atoms with Crippen LogP contribution in [0.3, 0.4) is 0 Å². The highest BCUT2D eigenvalue weighted by Gasteiger charge is 2.15. The van der Waals surface area contributed by atoms with Crippen molar-refractivity contribution in [1.29, 1.82) is 0 Å². The molecule has 3 nitrogen and oxygen atoms in total. The van der Waals surface area contributed by atoms with Crippen molar-refractivity contribution in [1.82, 2.24) is 9.97 Å². The van der Waals surface area contributed by atoms with Crippen LogP contribution in [-0.2, 0) is 0 Å². The van der Waals surface area contributed by atoms with Crippen LogP contribution in [0.2, 0.25) is 0 Å². The van der Waals surface area contributed by atoms with Crippen LogP contribution >= 0.6 is 11.8 Å². The first-order valence-corrected chi connectivity index (χ1v) is 5.84. The van der Waals surface area contributed by atoms with Crippen molar-refractivity contribution in [2.45, 2.75) is 25.5 Å². The maximum atomic E-state index is 4.23. The number of thioether (sulfide) groups is 1. The van der Waals surface area contributed by atoms with Crippen LogP contribution < -0.4 is 5.32 Å². The Morgan fingerprint density at radius 3 is 2.57 bits per heavy atom. The first kappa shape index (κ1) is 11.3. The first-order valence-electron chi connectivity index (χ1n) is 4.62. The zero-order chi connectivity index (χ0) is 10.6. The van der Waals surface area contributed by atoms with E-state index in [0.717, 1.165) is 18.1 Å². The Bertz CT molecular complexity index is 299. The number of nitrogens with one attached hydrogen (secondary N) is 1. The van der Waals surface area contributed by atoms with Crippen molar-refractivity contribution in [3.63, 3.8) is 0 Å². The van der Waals surface area contributed by atoms with Crippen LogP contribution in [-0.4, -0.2) is 27.5 Å². The molecule has 0 aliphatic carbocycles. The lowest BCUT2D eigenvalue weighted by atomic mass is 10.2. The highest BCUT2D eigenvalue weighted by atomic mass is 32.2. The Hall–Kier alpha value is -0.770. The first-order chi connectivity index (χ1) is 6.55. The number of hydrogen-bond acceptors (Lipinski definition) is 4. The van der Waals surface area contributed by atoms with Crippen LogP contribution in [0.4, 0.5) is 5.82 Å². The van der Waals surface area contributed by atoms with E-state index >= 15 is 0 Å². The minimum atomic E-state index is 0.226. The average molecular weight is 211 g/mol. The molecule has 0 aromatic carbocycles. The van der Waals surface area contributed by atoms with E-state index in [-0.39, 0.29) is 4.75 Å². The predicted octanol–water partition coefficient (Wildman–Crippen LogP) is 2.34. The van der Waals surface area contributed by atoms with Gasteiger partial charge in [-0.25, -0.2) is 4.98 Å². The molecule has 0 bridgehead atoms. The van der Waals surface area contributed by atoms with Gasteiger partial charge in [0.05, 0.1) is 5.69 Å². The van der Waals surface area contributed by atoms with E-state index in [0.29, 0.717) is 0 Å². The molecule has 0 aliphatic heterocycles. The lowest BCUT2D eigenvalue weighted by Gasteiger charge is -2.22. The third-order valence-corrected chi connectivity index (χ3v) is 3.36. The lowest BCUT2D eigenvalue weighted by molar-refractivity contribution is 0.748. The highest BCUT2D eigenvalue weighted by molar-refractivity contribution is 7.99. The molecule has 0 saturated heterocycles. The molecule has 0 atom stereocenters. The van der Waals surface area contributed by atoms with E-state index in [1.54, 1.807) is 12.4 Å². The molecular formula is C10H17N3S. The van der Waals surface area contributed by atoms with Crippen molar-refractivity contribution in [3.8, 4) is 0 Å². The maximum absolute atomic E-state index is 4.23. The summed E-state index contributed by atoms with van der Waals surface area (Å²) in [4.78, 5) is 8.41. The van der Waals surface area contributed by atoms with Gasteiger partial charge in [0.2, 0.25) is 0 Å². The van der Waals surface area contributed by atoms with Gasteiger partial charge in [-0.05, 0) is 27.0 Å². The summed E-state index contributed by atoms with van der Waals surface area (Å²) in [6.45, 7) is 7.27. The van der Waals surface area contributed by atoms with Gasteiger partial charge in [-0.3, -0.25) is 4.98 Å². The molecule has 0 spiro atoms. The predicted molar refractivity (Wildman–Crippen MR) is 62.9 cm³/mol. The largest absolute Gasteiger partial charge is 0.367 e. The number of aryl methyl sites for hydroxylation is 1. The average Bonchev–Trinajstić information content (AvgIpc) is 2.17. The van der Waals surface area contributed by atoms with Gasteiger partial charge in [-0.15, -0.1) is 0 Å². The van der Waals surface area contributed by atoms with Gasteiger partial charge < -0.3 is 5.32 Å². The number of rotatable bonds is 4. The Kier molecular flexibility index (Phi) is 3.75. The summed E-state index contributed by atoms with van der Waals surface area (Å²) in [5, 5.41) is 3.31. The van der Waals surface area contributed by atoms with Crippen molar-refractivity contribution in [3.05, 3.63) is 18.1 Å². The molecule has 1 aromatic rings. The lowest BCUT2D eigenvalue weighted by Crippen LogP contribution is -2.26. The zero-order valence-electron chi connectivity index (χ0n) is 9.16. The second-order valence-corrected chi connectivity index (χ2v) is 5.32. The fourth-order valence-electron chi connectivity index (χ4n) is 0.950. The normalized spacial score (nSPS) is 11.4. The van der Waals surface area contributed by atoms with Gasteiger partial charge in [0, 0.05) is 23.7 Å². The molecule has 1 N–H and O–H groups in total. The van der Waals surface area contributed by atoms with Crippen LogP contribution in [0.1, 0.15) is 19.5 Å². The Morgan fingerprint density at radius 2 is 2.00 bits per heavy atom. The molecule has 0 radical (unpaired) electrons. The van der Waals surface area contributed by atoms with E-state index in [9.17, 15) is 0 Å². The van der Waals surface area contributed by atoms with Crippen LogP contribution in [0.5, 0.6) is 0 Å². The number of anilines is 1. The van der Waals surface area contributed by atoms with Gasteiger partial charge in [0.25, 0.3) is 0 Å². The molecule has 0 fully saturated rings. The van der Waals surface area contributed by atoms with E-state index in [2.05, 4.69) is 35.4 Å². The van der Waals surface area contributed by atoms with Gasteiger partial charge in [0.15, 0.2) is 0 Å². The molecule has 0 aliphatic rings. The molecule has 0 unspecified atom stereocenters. The molecule has 78 valence electrons. The van der Waals surface area contributed by atoms with Crippen LogP contribution in [0, 0.1) is 6.92 Å². The summed E-state index contributed by atoms with van der Waals surface area (Å²) in [6.07, 6.45) is 5.53. The smallest absolute Gasteiger partial charge is 0.147 e. The summed E-state index contributed by atoms with van der Waals surface area (Å²) < 4.78 is 0.226.